The van der Waals surface area contributed by atoms with Gasteiger partial charge in [0.15, 0.2) is 0 Å². The van der Waals surface area contributed by atoms with Gasteiger partial charge in [-0.1, -0.05) is 29.8 Å². The molecular weight excluding hydrogens is 345 g/mol. The van der Waals surface area contributed by atoms with E-state index in [0.717, 1.165) is 25.9 Å². The second-order valence-corrected chi connectivity index (χ2v) is 6.62. The summed E-state index contributed by atoms with van der Waals surface area (Å²) in [7, 11) is 0. The van der Waals surface area contributed by atoms with E-state index in [1.165, 1.54) is 12.1 Å². The lowest BCUT2D eigenvalue weighted by molar-refractivity contribution is -0.138. The molecule has 0 spiro atoms. The molecule has 0 amide bonds. The van der Waals surface area contributed by atoms with Crippen LogP contribution in [0, 0.1) is 0 Å². The summed E-state index contributed by atoms with van der Waals surface area (Å²) < 4.78 is 39.0. The molecule has 0 bridgehead atoms. The quantitative estimate of drug-likeness (QED) is 0.852. The van der Waals surface area contributed by atoms with Crippen molar-refractivity contribution < 1.29 is 13.2 Å². The molecule has 0 aromatic heterocycles. The zero-order chi connectivity index (χ0) is 15.6. The Morgan fingerprint density at radius 3 is 2.67 bits per heavy atom. The fourth-order valence-electron chi connectivity index (χ4n) is 2.75. The third-order valence-corrected chi connectivity index (χ3v) is 4.30. The number of nitrogens with zero attached hydrogens (tertiary/aromatic N) is 1. The summed E-state index contributed by atoms with van der Waals surface area (Å²) in [6, 6.07) is 5.18. The van der Waals surface area contributed by atoms with Crippen molar-refractivity contribution in [3.63, 3.8) is 0 Å². The number of hydrogen-bond acceptors (Lipinski definition) is 2. The third-order valence-electron chi connectivity index (χ3n) is 3.61. The lowest BCUT2D eigenvalue weighted by atomic mass is 10.0. The average molecular weight is 365 g/mol. The van der Waals surface area contributed by atoms with Crippen LogP contribution >= 0.6 is 15.9 Å². The first-order valence-electron chi connectivity index (χ1n) is 7.15. The van der Waals surface area contributed by atoms with Gasteiger partial charge in [-0.2, -0.15) is 13.2 Å². The number of benzene rings is 1. The minimum absolute atomic E-state index is 0.0904. The predicted octanol–water partition coefficient (Wildman–Crippen LogP) is 4.43. The molecule has 21 heavy (non-hydrogen) atoms. The van der Waals surface area contributed by atoms with E-state index in [4.69, 9.17) is 0 Å². The van der Waals surface area contributed by atoms with Crippen molar-refractivity contribution in [3.8, 4) is 0 Å². The van der Waals surface area contributed by atoms with Crippen molar-refractivity contribution in [3.05, 3.63) is 28.2 Å². The first-order chi connectivity index (χ1) is 9.77. The molecule has 1 aromatic rings. The zero-order valence-corrected chi connectivity index (χ0v) is 13.8. The van der Waals surface area contributed by atoms with Crippen LogP contribution in [0.3, 0.4) is 0 Å². The van der Waals surface area contributed by atoms with Gasteiger partial charge >= 0.3 is 6.18 Å². The van der Waals surface area contributed by atoms with Crippen LogP contribution in [-0.4, -0.2) is 25.2 Å². The molecule has 1 saturated heterocycles. The molecule has 0 aliphatic carbocycles. The molecule has 0 saturated carbocycles. The summed E-state index contributed by atoms with van der Waals surface area (Å²) in [5.74, 6) is 0. The van der Waals surface area contributed by atoms with Gasteiger partial charge in [-0.15, -0.1) is 0 Å². The number of alkyl halides is 3. The first kappa shape index (κ1) is 16.6. The molecule has 0 radical (unpaired) electrons. The number of halogens is 4. The van der Waals surface area contributed by atoms with Gasteiger partial charge in [0.25, 0.3) is 0 Å². The van der Waals surface area contributed by atoms with Gasteiger partial charge in [0.1, 0.15) is 0 Å². The highest BCUT2D eigenvalue weighted by molar-refractivity contribution is 9.10. The Balaban J connectivity index is 2.18. The highest BCUT2D eigenvalue weighted by Gasteiger charge is 2.34. The lowest BCUT2D eigenvalue weighted by Gasteiger charge is -2.36. The molecular formula is C15H20BrF3N2. The van der Waals surface area contributed by atoms with E-state index in [2.05, 4.69) is 35.1 Å². The van der Waals surface area contributed by atoms with Gasteiger partial charge in [0.2, 0.25) is 0 Å². The maximum absolute atomic E-state index is 13.0. The van der Waals surface area contributed by atoms with Crippen molar-refractivity contribution in [2.45, 2.75) is 44.9 Å². The van der Waals surface area contributed by atoms with Crippen LogP contribution in [0.2, 0.25) is 0 Å². The summed E-state index contributed by atoms with van der Waals surface area (Å²) in [6.07, 6.45) is -2.28. The molecule has 1 fully saturated rings. The lowest BCUT2D eigenvalue weighted by Crippen LogP contribution is -2.47. The van der Waals surface area contributed by atoms with E-state index >= 15 is 0 Å². The molecule has 1 aromatic carbocycles. The normalized spacial score (nSPS) is 20.1. The van der Waals surface area contributed by atoms with Crippen LogP contribution in [0.5, 0.6) is 0 Å². The van der Waals surface area contributed by atoms with E-state index in [1.54, 1.807) is 6.07 Å². The number of nitrogens with one attached hydrogen (secondary N) is 1. The molecule has 1 heterocycles. The van der Waals surface area contributed by atoms with Crippen LogP contribution in [0.15, 0.2) is 22.7 Å². The topological polar surface area (TPSA) is 15.3 Å². The number of piperidine rings is 1. The predicted molar refractivity (Wildman–Crippen MR) is 82.7 cm³/mol. The summed E-state index contributed by atoms with van der Waals surface area (Å²) in [5, 5.41) is 3.46. The molecule has 1 aliphatic rings. The summed E-state index contributed by atoms with van der Waals surface area (Å²) in [4.78, 5) is 2.03. The Hall–Kier alpha value is -0.750. The molecule has 1 aliphatic heterocycles. The average Bonchev–Trinajstić information content (AvgIpc) is 2.37. The fraction of sp³-hybridized carbons (Fsp3) is 0.600. The third kappa shape index (κ3) is 4.36. The van der Waals surface area contributed by atoms with Crippen molar-refractivity contribution in [1.82, 2.24) is 5.32 Å². The zero-order valence-electron chi connectivity index (χ0n) is 12.2. The summed E-state index contributed by atoms with van der Waals surface area (Å²) >= 11 is 2.98. The molecule has 118 valence electrons. The second kappa shape index (κ2) is 6.57. The molecule has 1 N–H and O–H groups in total. The Kier molecular flexibility index (Phi) is 5.20. The van der Waals surface area contributed by atoms with E-state index in [1.807, 2.05) is 4.90 Å². The van der Waals surface area contributed by atoms with Crippen LogP contribution < -0.4 is 10.2 Å². The van der Waals surface area contributed by atoms with Gasteiger partial charge in [0.05, 0.1) is 5.56 Å². The van der Waals surface area contributed by atoms with Crippen LogP contribution in [0.1, 0.15) is 32.3 Å². The molecule has 1 atom stereocenters. The monoisotopic (exact) mass is 364 g/mol. The molecule has 1 unspecified atom stereocenters. The van der Waals surface area contributed by atoms with E-state index in [0.29, 0.717) is 17.8 Å². The summed E-state index contributed by atoms with van der Waals surface area (Å²) in [6.45, 7) is 5.72. The second-order valence-electron chi connectivity index (χ2n) is 5.77. The maximum Gasteiger partial charge on any atom is 0.417 e. The number of anilines is 1. The molecule has 6 heteroatoms. The minimum Gasteiger partial charge on any atom is -0.370 e. The van der Waals surface area contributed by atoms with Gasteiger partial charge < -0.3 is 10.2 Å². The Bertz CT molecular complexity index is 488. The van der Waals surface area contributed by atoms with E-state index in [9.17, 15) is 13.2 Å². The standard InChI is InChI=1S/C15H20BrF3N2/c1-10(2)20-11-4-3-7-21(9-11)12-5-6-14(16)13(8-12)15(17,18)19/h5-6,8,10-11,20H,3-4,7,9H2,1-2H3. The molecule has 2 rings (SSSR count). The van der Waals surface area contributed by atoms with Crippen molar-refractivity contribution in [1.29, 1.82) is 0 Å². The largest absolute Gasteiger partial charge is 0.417 e. The van der Waals surface area contributed by atoms with Gasteiger partial charge in [-0.3, -0.25) is 0 Å². The van der Waals surface area contributed by atoms with Crippen molar-refractivity contribution in [2.24, 2.45) is 0 Å². The fourth-order valence-corrected chi connectivity index (χ4v) is 3.22. The van der Waals surface area contributed by atoms with Crippen molar-refractivity contribution >= 4 is 21.6 Å². The number of rotatable bonds is 3. The first-order valence-corrected chi connectivity index (χ1v) is 7.94. The van der Waals surface area contributed by atoms with Gasteiger partial charge in [-0.05, 0) is 31.0 Å². The van der Waals surface area contributed by atoms with Crippen molar-refractivity contribution in [2.75, 3.05) is 18.0 Å². The molecule has 2 nitrogen and oxygen atoms in total. The Labute approximate surface area is 131 Å². The van der Waals surface area contributed by atoms with Gasteiger partial charge in [0, 0.05) is 35.3 Å². The summed E-state index contributed by atoms with van der Waals surface area (Å²) in [5.41, 5.74) is 0.0275. The van der Waals surface area contributed by atoms with Crippen LogP contribution in [-0.2, 0) is 6.18 Å². The minimum atomic E-state index is -4.33. The number of hydrogen-bond donors (Lipinski definition) is 1. The highest BCUT2D eigenvalue weighted by atomic mass is 79.9. The Morgan fingerprint density at radius 1 is 1.33 bits per heavy atom. The van der Waals surface area contributed by atoms with Crippen LogP contribution in [0.4, 0.5) is 18.9 Å². The maximum atomic E-state index is 13.0. The van der Waals surface area contributed by atoms with Gasteiger partial charge in [-0.25, -0.2) is 0 Å². The van der Waals surface area contributed by atoms with Crippen LogP contribution in [0.25, 0.3) is 0 Å². The SMILES string of the molecule is CC(C)NC1CCCN(c2ccc(Br)c(C(F)(F)F)c2)C1. The Morgan fingerprint density at radius 2 is 2.05 bits per heavy atom. The van der Waals surface area contributed by atoms with E-state index in [-0.39, 0.29) is 4.47 Å². The highest BCUT2D eigenvalue weighted by Crippen LogP contribution is 2.37. The smallest absolute Gasteiger partial charge is 0.370 e. The van der Waals surface area contributed by atoms with E-state index < -0.39 is 11.7 Å².